The van der Waals surface area contributed by atoms with Gasteiger partial charge in [0.1, 0.15) is 11.5 Å². The summed E-state index contributed by atoms with van der Waals surface area (Å²) in [7, 11) is 0. The number of nitrogens with zero attached hydrogens (tertiary/aromatic N) is 1. The first-order valence-corrected chi connectivity index (χ1v) is 6.92. The van der Waals surface area contributed by atoms with Crippen LogP contribution in [0.1, 0.15) is 30.0 Å². The lowest BCUT2D eigenvalue weighted by Gasteiger charge is -2.16. The molecule has 20 heavy (non-hydrogen) atoms. The standard InChI is InChI=1S/C17H18N2O/c1-3-18-17(16-9-8-12(2)20-16)14-10-13-6-4-5-7-15(13)19-11-14/h4-11,17-18H,3H2,1-2H3. The van der Waals surface area contributed by atoms with Crippen molar-refractivity contribution in [1.82, 2.24) is 10.3 Å². The maximum atomic E-state index is 5.77. The molecule has 3 heteroatoms. The van der Waals surface area contributed by atoms with Crippen molar-refractivity contribution < 1.29 is 4.42 Å². The van der Waals surface area contributed by atoms with E-state index in [0.29, 0.717) is 0 Å². The normalized spacial score (nSPS) is 12.7. The van der Waals surface area contributed by atoms with E-state index in [1.165, 1.54) is 0 Å². The maximum absolute atomic E-state index is 5.77. The number of para-hydroxylation sites is 1. The Bertz CT molecular complexity index is 718. The maximum Gasteiger partial charge on any atom is 0.125 e. The Balaban J connectivity index is 2.04. The second kappa shape index (κ2) is 5.47. The molecule has 0 fully saturated rings. The number of fused-ring (bicyclic) bond motifs is 1. The number of rotatable bonds is 4. The predicted molar refractivity (Wildman–Crippen MR) is 80.7 cm³/mol. The van der Waals surface area contributed by atoms with Gasteiger partial charge in [0.15, 0.2) is 0 Å². The van der Waals surface area contributed by atoms with Gasteiger partial charge in [0.05, 0.1) is 11.6 Å². The van der Waals surface area contributed by atoms with Gasteiger partial charge in [0, 0.05) is 11.6 Å². The molecule has 0 radical (unpaired) electrons. The Labute approximate surface area is 118 Å². The summed E-state index contributed by atoms with van der Waals surface area (Å²) in [6.45, 7) is 4.93. The van der Waals surface area contributed by atoms with E-state index < -0.39 is 0 Å². The van der Waals surface area contributed by atoms with Crippen molar-refractivity contribution in [2.75, 3.05) is 6.54 Å². The smallest absolute Gasteiger partial charge is 0.125 e. The SMILES string of the molecule is CCNC(c1cnc2ccccc2c1)c1ccc(C)o1. The molecule has 3 rings (SSSR count). The van der Waals surface area contributed by atoms with E-state index in [1.54, 1.807) is 0 Å². The first kappa shape index (κ1) is 12.9. The Morgan fingerprint density at radius 2 is 2.05 bits per heavy atom. The summed E-state index contributed by atoms with van der Waals surface area (Å²) in [5, 5.41) is 4.61. The Morgan fingerprint density at radius 3 is 2.80 bits per heavy atom. The van der Waals surface area contributed by atoms with Crippen molar-refractivity contribution in [3.8, 4) is 0 Å². The zero-order valence-corrected chi connectivity index (χ0v) is 11.8. The highest BCUT2D eigenvalue weighted by molar-refractivity contribution is 5.78. The molecule has 3 nitrogen and oxygen atoms in total. The number of pyridine rings is 1. The van der Waals surface area contributed by atoms with Crippen LogP contribution in [-0.2, 0) is 0 Å². The number of furan rings is 1. The molecular formula is C17H18N2O. The number of aryl methyl sites for hydroxylation is 1. The number of hydrogen-bond donors (Lipinski definition) is 1. The van der Waals surface area contributed by atoms with Gasteiger partial charge in [-0.1, -0.05) is 25.1 Å². The number of aromatic nitrogens is 1. The van der Waals surface area contributed by atoms with Crippen molar-refractivity contribution in [3.63, 3.8) is 0 Å². The average Bonchev–Trinajstić information content (AvgIpc) is 2.90. The van der Waals surface area contributed by atoms with Gasteiger partial charge < -0.3 is 9.73 Å². The molecule has 0 aliphatic carbocycles. The van der Waals surface area contributed by atoms with Crippen LogP contribution in [0.15, 0.2) is 53.1 Å². The van der Waals surface area contributed by atoms with Crippen LogP contribution in [0.5, 0.6) is 0 Å². The van der Waals surface area contributed by atoms with Gasteiger partial charge in [0.2, 0.25) is 0 Å². The quantitative estimate of drug-likeness (QED) is 0.779. The molecule has 0 saturated heterocycles. The molecule has 1 atom stereocenters. The highest BCUT2D eigenvalue weighted by Crippen LogP contribution is 2.25. The summed E-state index contributed by atoms with van der Waals surface area (Å²) in [4.78, 5) is 4.53. The summed E-state index contributed by atoms with van der Waals surface area (Å²) < 4.78 is 5.77. The lowest BCUT2D eigenvalue weighted by molar-refractivity contribution is 0.434. The van der Waals surface area contributed by atoms with Crippen LogP contribution in [0, 0.1) is 6.92 Å². The molecule has 0 aliphatic heterocycles. The van der Waals surface area contributed by atoms with E-state index >= 15 is 0 Å². The van der Waals surface area contributed by atoms with Crippen molar-refractivity contribution in [1.29, 1.82) is 0 Å². The largest absolute Gasteiger partial charge is 0.464 e. The molecule has 2 heterocycles. The fourth-order valence-corrected chi connectivity index (χ4v) is 2.44. The van der Waals surface area contributed by atoms with E-state index in [-0.39, 0.29) is 6.04 Å². The molecule has 102 valence electrons. The summed E-state index contributed by atoms with van der Waals surface area (Å²) in [5.41, 5.74) is 2.14. The third kappa shape index (κ3) is 2.45. The number of benzene rings is 1. The summed E-state index contributed by atoms with van der Waals surface area (Å²) >= 11 is 0. The lowest BCUT2D eigenvalue weighted by Crippen LogP contribution is -2.21. The van der Waals surface area contributed by atoms with E-state index in [9.17, 15) is 0 Å². The summed E-state index contributed by atoms with van der Waals surface area (Å²) in [5.74, 6) is 1.86. The van der Waals surface area contributed by atoms with E-state index in [4.69, 9.17) is 4.42 Å². The van der Waals surface area contributed by atoms with Gasteiger partial charge in [-0.05, 0) is 43.3 Å². The van der Waals surface area contributed by atoms with Gasteiger partial charge >= 0.3 is 0 Å². The van der Waals surface area contributed by atoms with E-state index in [0.717, 1.165) is 34.5 Å². The van der Waals surface area contributed by atoms with E-state index in [1.807, 2.05) is 43.5 Å². The molecule has 3 aromatic rings. The molecule has 0 saturated carbocycles. The summed E-state index contributed by atoms with van der Waals surface area (Å²) in [6.07, 6.45) is 1.92. The third-order valence-electron chi connectivity index (χ3n) is 3.40. The fourth-order valence-electron chi connectivity index (χ4n) is 2.44. The molecule has 0 aliphatic rings. The zero-order chi connectivity index (χ0) is 13.9. The molecule has 0 bridgehead atoms. The minimum atomic E-state index is 0.0470. The van der Waals surface area contributed by atoms with Gasteiger partial charge in [-0.25, -0.2) is 0 Å². The van der Waals surface area contributed by atoms with Crippen molar-refractivity contribution in [3.05, 3.63) is 65.7 Å². The van der Waals surface area contributed by atoms with Crippen LogP contribution in [-0.4, -0.2) is 11.5 Å². The third-order valence-corrected chi connectivity index (χ3v) is 3.40. The van der Waals surface area contributed by atoms with Crippen LogP contribution in [0.25, 0.3) is 10.9 Å². The Morgan fingerprint density at radius 1 is 1.20 bits per heavy atom. The lowest BCUT2D eigenvalue weighted by atomic mass is 10.0. The van der Waals surface area contributed by atoms with Gasteiger partial charge in [-0.15, -0.1) is 0 Å². The van der Waals surface area contributed by atoms with Gasteiger partial charge in [-0.2, -0.15) is 0 Å². The molecule has 0 amide bonds. The fraction of sp³-hybridized carbons (Fsp3) is 0.235. The van der Waals surface area contributed by atoms with Crippen LogP contribution >= 0.6 is 0 Å². The summed E-state index contributed by atoms with van der Waals surface area (Å²) in [6, 6.07) is 14.4. The molecular weight excluding hydrogens is 248 g/mol. The molecule has 1 aromatic carbocycles. The molecule has 2 aromatic heterocycles. The van der Waals surface area contributed by atoms with Crippen molar-refractivity contribution >= 4 is 10.9 Å². The van der Waals surface area contributed by atoms with E-state index in [2.05, 4.69) is 29.4 Å². The van der Waals surface area contributed by atoms with Crippen molar-refractivity contribution in [2.45, 2.75) is 19.9 Å². The molecule has 1 unspecified atom stereocenters. The topological polar surface area (TPSA) is 38.1 Å². The highest BCUT2D eigenvalue weighted by Gasteiger charge is 2.17. The van der Waals surface area contributed by atoms with Crippen molar-refractivity contribution in [2.24, 2.45) is 0 Å². The van der Waals surface area contributed by atoms with Crippen LogP contribution in [0.4, 0.5) is 0 Å². The number of hydrogen-bond acceptors (Lipinski definition) is 3. The highest BCUT2D eigenvalue weighted by atomic mass is 16.3. The minimum absolute atomic E-state index is 0.0470. The zero-order valence-electron chi connectivity index (χ0n) is 11.8. The average molecular weight is 266 g/mol. The van der Waals surface area contributed by atoms with Gasteiger partial charge in [0.25, 0.3) is 0 Å². The van der Waals surface area contributed by atoms with Gasteiger partial charge in [-0.3, -0.25) is 4.98 Å². The van der Waals surface area contributed by atoms with Crippen LogP contribution in [0.3, 0.4) is 0 Å². The second-order valence-corrected chi connectivity index (χ2v) is 4.90. The Kier molecular flexibility index (Phi) is 3.52. The monoisotopic (exact) mass is 266 g/mol. The minimum Gasteiger partial charge on any atom is -0.464 e. The number of nitrogens with one attached hydrogen (secondary N) is 1. The first-order valence-electron chi connectivity index (χ1n) is 6.92. The van der Waals surface area contributed by atoms with Crippen LogP contribution < -0.4 is 5.32 Å². The molecule has 1 N–H and O–H groups in total. The Hall–Kier alpha value is -2.13. The predicted octanol–water partition coefficient (Wildman–Crippen LogP) is 3.84. The second-order valence-electron chi connectivity index (χ2n) is 4.90. The van der Waals surface area contributed by atoms with Crippen LogP contribution in [0.2, 0.25) is 0 Å². The first-order chi connectivity index (χ1) is 9.78. The molecule has 0 spiro atoms.